The first-order chi connectivity index (χ1) is 15.8. The van der Waals surface area contributed by atoms with Gasteiger partial charge >= 0.3 is 0 Å². The molecule has 0 aliphatic heterocycles. The quantitative estimate of drug-likeness (QED) is 0.404. The lowest BCUT2D eigenvalue weighted by Gasteiger charge is -2.11. The molecule has 33 heavy (non-hydrogen) atoms. The zero-order valence-electron chi connectivity index (χ0n) is 18.8. The summed E-state index contributed by atoms with van der Waals surface area (Å²) in [6.45, 7) is 0.550. The van der Waals surface area contributed by atoms with Gasteiger partial charge in [0.1, 0.15) is 11.3 Å². The molecular formula is C23H25N5O4S. The van der Waals surface area contributed by atoms with Crippen molar-refractivity contribution in [3.63, 3.8) is 0 Å². The number of nitrogens with one attached hydrogen (secondary N) is 2. The van der Waals surface area contributed by atoms with Gasteiger partial charge in [-0.1, -0.05) is 12.1 Å². The predicted octanol–water partition coefficient (Wildman–Crippen LogP) is 3.74. The van der Waals surface area contributed by atoms with Crippen LogP contribution in [0.4, 0.5) is 17.5 Å². The van der Waals surface area contributed by atoms with Gasteiger partial charge in [-0.05, 0) is 35.9 Å². The van der Waals surface area contributed by atoms with Crippen molar-refractivity contribution in [2.45, 2.75) is 11.4 Å². The van der Waals surface area contributed by atoms with Crippen LogP contribution in [0.1, 0.15) is 5.56 Å². The smallest absolute Gasteiger partial charge is 0.203 e. The molecule has 4 aromatic rings. The normalized spacial score (nSPS) is 11.4. The highest BCUT2D eigenvalue weighted by atomic mass is 32.2. The van der Waals surface area contributed by atoms with Crippen LogP contribution in [0.25, 0.3) is 11.0 Å². The van der Waals surface area contributed by atoms with Gasteiger partial charge in [0.2, 0.25) is 5.95 Å². The van der Waals surface area contributed by atoms with E-state index in [9.17, 15) is 8.42 Å². The maximum Gasteiger partial charge on any atom is 0.203 e. The monoisotopic (exact) mass is 467 g/mol. The fraction of sp³-hybridized carbons (Fsp3) is 0.217. The number of hydrogen-bond acceptors (Lipinski definition) is 8. The molecule has 4 rings (SSSR count). The van der Waals surface area contributed by atoms with Crippen LogP contribution < -0.4 is 20.1 Å². The molecule has 0 fully saturated rings. The van der Waals surface area contributed by atoms with Gasteiger partial charge in [-0.3, -0.25) is 0 Å². The van der Waals surface area contributed by atoms with Crippen molar-refractivity contribution in [3.8, 4) is 11.5 Å². The van der Waals surface area contributed by atoms with E-state index in [0.717, 1.165) is 16.6 Å². The Bertz CT molecular complexity index is 1420. The van der Waals surface area contributed by atoms with Crippen LogP contribution in [0.15, 0.2) is 59.6 Å². The zero-order chi connectivity index (χ0) is 23.6. The summed E-state index contributed by atoms with van der Waals surface area (Å²) >= 11 is 0. The number of sulfone groups is 1. The maximum atomic E-state index is 11.8. The van der Waals surface area contributed by atoms with Crippen molar-refractivity contribution in [2.24, 2.45) is 7.05 Å². The summed E-state index contributed by atoms with van der Waals surface area (Å²) in [5.41, 5.74) is 3.27. The first-order valence-electron chi connectivity index (χ1n) is 10.1. The number of anilines is 3. The SMILES string of the molecule is COc1ccc(CNc2nc3cnc(Nc4cccc(S(C)(=O)=O)c4)cc3n2C)cc1OC. The van der Waals surface area contributed by atoms with Crippen molar-refractivity contribution in [2.75, 3.05) is 31.1 Å². The Hall–Kier alpha value is -3.79. The Morgan fingerprint density at radius 3 is 2.55 bits per heavy atom. The number of ether oxygens (including phenoxy) is 2. The van der Waals surface area contributed by atoms with Gasteiger partial charge in [-0.25, -0.2) is 18.4 Å². The second-order valence-corrected chi connectivity index (χ2v) is 9.54. The van der Waals surface area contributed by atoms with E-state index in [1.165, 1.54) is 6.26 Å². The molecule has 2 heterocycles. The summed E-state index contributed by atoms with van der Waals surface area (Å²) in [5, 5.41) is 6.50. The molecule has 2 aromatic heterocycles. The molecule has 2 N–H and O–H groups in total. The number of aromatic nitrogens is 3. The van der Waals surface area contributed by atoms with Crippen LogP contribution in [0.5, 0.6) is 11.5 Å². The molecule has 0 unspecified atom stereocenters. The average Bonchev–Trinajstić information content (AvgIpc) is 3.12. The number of hydrogen-bond donors (Lipinski definition) is 2. The first-order valence-corrected chi connectivity index (χ1v) is 12.0. The molecule has 9 nitrogen and oxygen atoms in total. The molecule has 10 heteroatoms. The summed E-state index contributed by atoms with van der Waals surface area (Å²) in [6.07, 6.45) is 2.86. The first kappa shape index (κ1) is 22.4. The highest BCUT2D eigenvalue weighted by Gasteiger charge is 2.12. The fourth-order valence-corrected chi connectivity index (χ4v) is 4.11. The number of imidazole rings is 1. The van der Waals surface area contributed by atoms with Gasteiger partial charge in [0.15, 0.2) is 21.3 Å². The molecule has 0 bridgehead atoms. The highest BCUT2D eigenvalue weighted by molar-refractivity contribution is 7.90. The van der Waals surface area contributed by atoms with Gasteiger partial charge < -0.3 is 24.7 Å². The van der Waals surface area contributed by atoms with Gasteiger partial charge in [0, 0.05) is 31.6 Å². The largest absolute Gasteiger partial charge is 0.493 e. The summed E-state index contributed by atoms with van der Waals surface area (Å²) in [6, 6.07) is 14.3. The van der Waals surface area contributed by atoms with Crippen LogP contribution in [-0.4, -0.2) is 43.4 Å². The minimum Gasteiger partial charge on any atom is -0.493 e. The van der Waals surface area contributed by atoms with E-state index >= 15 is 0 Å². The molecular weight excluding hydrogens is 442 g/mol. The van der Waals surface area contributed by atoms with Crippen molar-refractivity contribution in [1.82, 2.24) is 14.5 Å². The lowest BCUT2D eigenvalue weighted by molar-refractivity contribution is 0.354. The standard InChI is InChI=1S/C23H25N5O4S/c1-28-19-12-22(26-16-6-5-7-17(11-16)33(4,29)30)24-14-18(19)27-23(28)25-13-15-8-9-20(31-2)21(10-15)32-3/h5-12,14H,13H2,1-4H3,(H,24,26)(H,25,27). The van der Waals surface area contributed by atoms with E-state index in [2.05, 4.69) is 20.6 Å². The number of rotatable bonds is 8. The summed E-state index contributed by atoms with van der Waals surface area (Å²) in [5.74, 6) is 2.62. The highest BCUT2D eigenvalue weighted by Crippen LogP contribution is 2.28. The fourth-order valence-electron chi connectivity index (χ4n) is 3.45. The lowest BCUT2D eigenvalue weighted by Crippen LogP contribution is -2.05. The Kier molecular flexibility index (Phi) is 6.10. The minimum atomic E-state index is -3.29. The second-order valence-electron chi connectivity index (χ2n) is 7.52. The van der Waals surface area contributed by atoms with E-state index in [0.29, 0.717) is 35.5 Å². The van der Waals surface area contributed by atoms with Crippen molar-refractivity contribution in [1.29, 1.82) is 0 Å². The lowest BCUT2D eigenvalue weighted by atomic mass is 10.2. The van der Waals surface area contributed by atoms with E-state index in [-0.39, 0.29) is 4.90 Å². The Labute approximate surface area is 192 Å². The van der Waals surface area contributed by atoms with Crippen LogP contribution in [0, 0.1) is 0 Å². The van der Waals surface area contributed by atoms with E-state index in [1.807, 2.05) is 35.9 Å². The molecule has 172 valence electrons. The van der Waals surface area contributed by atoms with Gasteiger partial charge in [-0.2, -0.15) is 0 Å². The molecule has 0 amide bonds. The Morgan fingerprint density at radius 2 is 1.82 bits per heavy atom. The van der Waals surface area contributed by atoms with Crippen molar-refractivity contribution in [3.05, 3.63) is 60.3 Å². The minimum absolute atomic E-state index is 0.246. The summed E-state index contributed by atoms with van der Waals surface area (Å²) in [4.78, 5) is 9.28. The molecule has 0 saturated heterocycles. The topological polar surface area (TPSA) is 107 Å². The van der Waals surface area contributed by atoms with Crippen LogP contribution in [0.3, 0.4) is 0 Å². The van der Waals surface area contributed by atoms with E-state index < -0.39 is 9.84 Å². The number of benzene rings is 2. The number of fused-ring (bicyclic) bond motifs is 1. The van der Waals surface area contributed by atoms with Gasteiger partial charge in [0.05, 0.1) is 30.8 Å². The Balaban J connectivity index is 1.54. The molecule has 0 saturated carbocycles. The molecule has 0 spiro atoms. The third-order valence-corrected chi connectivity index (χ3v) is 6.31. The van der Waals surface area contributed by atoms with E-state index in [4.69, 9.17) is 9.47 Å². The van der Waals surface area contributed by atoms with Crippen LogP contribution in [0.2, 0.25) is 0 Å². The number of methoxy groups -OCH3 is 2. The second kappa shape index (κ2) is 8.99. The maximum absolute atomic E-state index is 11.8. The Morgan fingerprint density at radius 1 is 1.03 bits per heavy atom. The third-order valence-electron chi connectivity index (χ3n) is 5.20. The number of pyridine rings is 1. The zero-order valence-corrected chi connectivity index (χ0v) is 19.6. The van der Waals surface area contributed by atoms with Crippen LogP contribution >= 0.6 is 0 Å². The van der Waals surface area contributed by atoms with Gasteiger partial charge in [0.25, 0.3) is 0 Å². The van der Waals surface area contributed by atoms with E-state index in [1.54, 1.807) is 44.7 Å². The predicted molar refractivity (Wildman–Crippen MR) is 128 cm³/mol. The molecule has 0 radical (unpaired) electrons. The van der Waals surface area contributed by atoms with Crippen molar-refractivity contribution < 1.29 is 17.9 Å². The summed E-state index contributed by atoms with van der Waals surface area (Å²) < 4.78 is 36.2. The van der Waals surface area contributed by atoms with Gasteiger partial charge in [-0.15, -0.1) is 0 Å². The summed E-state index contributed by atoms with van der Waals surface area (Å²) in [7, 11) is 1.84. The van der Waals surface area contributed by atoms with Crippen molar-refractivity contribution >= 4 is 38.3 Å². The molecule has 0 atom stereocenters. The third kappa shape index (κ3) is 4.85. The molecule has 0 aliphatic rings. The van der Waals surface area contributed by atoms with Crippen LogP contribution in [-0.2, 0) is 23.4 Å². The average molecular weight is 468 g/mol. The molecule has 2 aromatic carbocycles. The number of aryl methyl sites for hydroxylation is 1. The molecule has 0 aliphatic carbocycles. The number of nitrogens with zero attached hydrogens (tertiary/aromatic N) is 3.